The lowest BCUT2D eigenvalue weighted by molar-refractivity contribution is -0.121. The van der Waals surface area contributed by atoms with Crippen LogP contribution in [0.4, 0.5) is 0 Å². The molecule has 4 aliphatic rings. The van der Waals surface area contributed by atoms with Crippen LogP contribution in [0.15, 0.2) is 0 Å². The number of nitrogens with one attached hydrogen (secondary N) is 2. The van der Waals surface area contributed by atoms with Crippen molar-refractivity contribution in [1.82, 2.24) is 10.6 Å². The maximum absolute atomic E-state index is 11.5. The van der Waals surface area contributed by atoms with E-state index in [1.54, 1.807) is 0 Å². The van der Waals surface area contributed by atoms with E-state index in [0.29, 0.717) is 6.54 Å². The Morgan fingerprint density at radius 1 is 1.06 bits per heavy atom. The van der Waals surface area contributed by atoms with Crippen molar-refractivity contribution in [1.29, 1.82) is 0 Å². The van der Waals surface area contributed by atoms with Gasteiger partial charge in [-0.15, -0.1) is 0 Å². The van der Waals surface area contributed by atoms with Gasteiger partial charge in [-0.05, 0) is 68.7 Å². The molecule has 0 radical (unpaired) electrons. The number of rotatable bonds is 4. The minimum atomic E-state index is 0.154. The molecule has 4 aliphatic carbocycles. The Hall–Kier alpha value is -0.570. The van der Waals surface area contributed by atoms with Gasteiger partial charge in [0.15, 0.2) is 0 Å². The summed E-state index contributed by atoms with van der Waals surface area (Å²) in [6.45, 7) is 1.38. The first-order valence-corrected chi connectivity index (χ1v) is 7.17. The van der Waals surface area contributed by atoms with Gasteiger partial charge in [0.2, 0.25) is 5.91 Å². The third-order valence-corrected chi connectivity index (χ3v) is 5.29. The number of amides is 1. The van der Waals surface area contributed by atoms with Gasteiger partial charge in [0.1, 0.15) is 0 Å². The predicted octanol–water partition coefficient (Wildman–Crippen LogP) is 1.39. The fourth-order valence-electron chi connectivity index (χ4n) is 4.83. The molecule has 17 heavy (non-hydrogen) atoms. The maximum atomic E-state index is 11.5. The van der Waals surface area contributed by atoms with Crippen LogP contribution >= 0.6 is 0 Å². The quantitative estimate of drug-likeness (QED) is 0.774. The van der Waals surface area contributed by atoms with E-state index in [-0.39, 0.29) is 5.91 Å². The summed E-state index contributed by atoms with van der Waals surface area (Å²) in [6.07, 6.45) is 7.28. The standard InChI is InChI=1S/C14H24N2O/c1-15-8-14(17)16-7-13-11-3-9-2-10(5-11)6-12(13)4-9/h9-13,15H,2-8H2,1H3,(H,16,17). The Balaban J connectivity index is 1.55. The van der Waals surface area contributed by atoms with Crippen molar-refractivity contribution in [3.05, 3.63) is 0 Å². The fraction of sp³-hybridized carbons (Fsp3) is 0.929. The molecule has 0 atom stereocenters. The predicted molar refractivity (Wildman–Crippen MR) is 67.5 cm³/mol. The van der Waals surface area contributed by atoms with Gasteiger partial charge >= 0.3 is 0 Å². The molecule has 96 valence electrons. The molecule has 0 unspecified atom stereocenters. The van der Waals surface area contributed by atoms with E-state index in [4.69, 9.17) is 0 Å². The average molecular weight is 236 g/mol. The Morgan fingerprint density at radius 3 is 2.18 bits per heavy atom. The Morgan fingerprint density at radius 2 is 1.65 bits per heavy atom. The van der Waals surface area contributed by atoms with Crippen LogP contribution in [0.25, 0.3) is 0 Å². The zero-order valence-corrected chi connectivity index (χ0v) is 10.7. The zero-order chi connectivity index (χ0) is 11.8. The zero-order valence-electron chi connectivity index (χ0n) is 10.7. The van der Waals surface area contributed by atoms with Crippen LogP contribution in [0.5, 0.6) is 0 Å². The molecule has 4 rings (SSSR count). The van der Waals surface area contributed by atoms with E-state index in [0.717, 1.165) is 36.1 Å². The summed E-state index contributed by atoms with van der Waals surface area (Å²) in [4.78, 5) is 11.5. The van der Waals surface area contributed by atoms with Crippen molar-refractivity contribution in [3.63, 3.8) is 0 Å². The van der Waals surface area contributed by atoms with Gasteiger partial charge in [0.25, 0.3) is 0 Å². The van der Waals surface area contributed by atoms with E-state index < -0.39 is 0 Å². The second-order valence-corrected chi connectivity index (χ2v) is 6.43. The van der Waals surface area contributed by atoms with Gasteiger partial charge in [-0.2, -0.15) is 0 Å². The smallest absolute Gasteiger partial charge is 0.233 e. The highest BCUT2D eigenvalue weighted by Gasteiger charge is 2.47. The van der Waals surface area contributed by atoms with Crippen LogP contribution in [0.1, 0.15) is 32.1 Å². The Bertz CT molecular complexity index is 275. The minimum Gasteiger partial charge on any atom is -0.355 e. The first-order valence-electron chi connectivity index (χ1n) is 7.17. The van der Waals surface area contributed by atoms with E-state index in [2.05, 4.69) is 10.6 Å². The van der Waals surface area contributed by atoms with Crippen LogP contribution in [-0.4, -0.2) is 26.0 Å². The minimum absolute atomic E-state index is 0.154. The van der Waals surface area contributed by atoms with Gasteiger partial charge in [0.05, 0.1) is 6.54 Å². The van der Waals surface area contributed by atoms with E-state index >= 15 is 0 Å². The van der Waals surface area contributed by atoms with Crippen LogP contribution in [0.3, 0.4) is 0 Å². The van der Waals surface area contributed by atoms with Crippen LogP contribution in [0, 0.1) is 29.6 Å². The SMILES string of the molecule is CNCC(=O)NCC1C2CC3CC(C2)CC1C3. The van der Waals surface area contributed by atoms with Crippen LogP contribution in [-0.2, 0) is 4.79 Å². The van der Waals surface area contributed by atoms with Crippen molar-refractivity contribution < 1.29 is 4.79 Å². The molecule has 4 fully saturated rings. The lowest BCUT2D eigenvalue weighted by atomic mass is 9.52. The molecule has 0 aromatic heterocycles. The average Bonchev–Trinajstić information content (AvgIpc) is 2.27. The van der Waals surface area contributed by atoms with Crippen molar-refractivity contribution in [2.75, 3.05) is 20.1 Å². The van der Waals surface area contributed by atoms with Gasteiger partial charge in [-0.25, -0.2) is 0 Å². The van der Waals surface area contributed by atoms with Crippen molar-refractivity contribution in [2.24, 2.45) is 29.6 Å². The molecule has 3 nitrogen and oxygen atoms in total. The second-order valence-electron chi connectivity index (χ2n) is 6.43. The molecule has 4 bridgehead atoms. The molecule has 1 amide bonds. The number of hydrogen-bond acceptors (Lipinski definition) is 2. The summed E-state index contributed by atoms with van der Waals surface area (Å²) in [6, 6.07) is 0. The summed E-state index contributed by atoms with van der Waals surface area (Å²) >= 11 is 0. The largest absolute Gasteiger partial charge is 0.355 e. The van der Waals surface area contributed by atoms with Gasteiger partial charge in [0, 0.05) is 6.54 Å². The molecular formula is C14H24N2O. The highest BCUT2D eigenvalue weighted by molar-refractivity contribution is 5.77. The van der Waals surface area contributed by atoms with E-state index in [1.165, 1.54) is 32.1 Å². The topological polar surface area (TPSA) is 41.1 Å². The highest BCUT2D eigenvalue weighted by atomic mass is 16.1. The van der Waals surface area contributed by atoms with Gasteiger partial charge in [-0.1, -0.05) is 0 Å². The molecule has 0 aromatic carbocycles. The molecule has 4 saturated carbocycles. The summed E-state index contributed by atoms with van der Waals surface area (Å²) in [5, 5.41) is 6.02. The Kier molecular flexibility index (Phi) is 3.12. The van der Waals surface area contributed by atoms with E-state index in [9.17, 15) is 4.79 Å². The molecular weight excluding hydrogens is 212 g/mol. The molecule has 0 aromatic rings. The summed E-state index contributed by atoms with van der Waals surface area (Å²) in [5.74, 6) is 4.83. The third-order valence-electron chi connectivity index (χ3n) is 5.29. The third kappa shape index (κ3) is 2.22. The van der Waals surface area contributed by atoms with Gasteiger partial charge < -0.3 is 10.6 Å². The number of likely N-dealkylation sites (N-methyl/N-ethyl adjacent to an activating group) is 1. The first kappa shape index (κ1) is 11.5. The molecule has 0 saturated heterocycles. The molecule has 2 N–H and O–H groups in total. The maximum Gasteiger partial charge on any atom is 0.233 e. The number of carbonyl (C=O) groups excluding carboxylic acids is 1. The molecule has 0 spiro atoms. The second kappa shape index (κ2) is 4.60. The number of carbonyl (C=O) groups is 1. The molecule has 3 heteroatoms. The van der Waals surface area contributed by atoms with Crippen LogP contribution in [0.2, 0.25) is 0 Å². The van der Waals surface area contributed by atoms with Gasteiger partial charge in [-0.3, -0.25) is 4.79 Å². The monoisotopic (exact) mass is 236 g/mol. The first-order chi connectivity index (χ1) is 8.26. The number of hydrogen-bond donors (Lipinski definition) is 2. The molecule has 0 aliphatic heterocycles. The normalized spacial score (nSPS) is 42.8. The van der Waals surface area contributed by atoms with Crippen LogP contribution < -0.4 is 10.6 Å². The highest BCUT2D eigenvalue weighted by Crippen LogP contribution is 2.56. The summed E-state index contributed by atoms with van der Waals surface area (Å²) in [5.41, 5.74) is 0. The fourth-order valence-corrected chi connectivity index (χ4v) is 4.83. The Labute approximate surface area is 104 Å². The van der Waals surface area contributed by atoms with Crippen molar-refractivity contribution >= 4 is 5.91 Å². The van der Waals surface area contributed by atoms with Crippen molar-refractivity contribution in [2.45, 2.75) is 32.1 Å². The summed E-state index contributed by atoms with van der Waals surface area (Å²) < 4.78 is 0. The lowest BCUT2D eigenvalue weighted by Gasteiger charge is -2.54. The molecule has 0 heterocycles. The van der Waals surface area contributed by atoms with Crippen molar-refractivity contribution in [3.8, 4) is 0 Å². The lowest BCUT2D eigenvalue weighted by Crippen LogP contribution is -2.49. The van der Waals surface area contributed by atoms with E-state index in [1.807, 2.05) is 7.05 Å². The summed E-state index contributed by atoms with van der Waals surface area (Å²) in [7, 11) is 1.82.